The molecule has 5 nitrogen and oxygen atoms in total. The molecule has 0 unspecified atom stereocenters. The molecule has 0 aliphatic heterocycles. The Morgan fingerprint density at radius 3 is 2.37 bits per heavy atom. The monoisotopic (exact) mass is 487 g/mol. The van der Waals surface area contributed by atoms with Gasteiger partial charge in [0.05, 0.1) is 6.21 Å². The van der Waals surface area contributed by atoms with Crippen LogP contribution < -0.4 is 20.2 Å². The van der Waals surface area contributed by atoms with Gasteiger partial charge in [-0.25, -0.2) is 0 Å². The average molecular weight is 488 g/mol. The Morgan fingerprint density at radius 2 is 1.60 bits per heavy atom. The molecule has 0 radical (unpaired) electrons. The fourth-order valence-electron chi connectivity index (χ4n) is 4.26. The largest absolute Gasteiger partial charge is 0.490 e. The van der Waals surface area contributed by atoms with Crippen molar-refractivity contribution >= 4 is 23.5 Å². The van der Waals surface area contributed by atoms with Crippen molar-refractivity contribution < 1.29 is 9.47 Å². The SMILES string of the molecule is S=C(NCc1ccccc1)NN=Cc1cccc(OCCOc2ccc(C3CCCCC3)cc2)c1. The van der Waals surface area contributed by atoms with E-state index >= 15 is 0 Å². The molecule has 0 heterocycles. The van der Waals surface area contributed by atoms with Gasteiger partial charge in [-0.3, -0.25) is 5.43 Å². The van der Waals surface area contributed by atoms with Gasteiger partial charge in [0.2, 0.25) is 0 Å². The van der Waals surface area contributed by atoms with Crippen molar-refractivity contribution in [2.75, 3.05) is 13.2 Å². The number of rotatable bonds is 10. The predicted octanol–water partition coefficient (Wildman–Crippen LogP) is 6.19. The zero-order chi connectivity index (χ0) is 24.1. The minimum atomic E-state index is 0.469. The molecular weight excluding hydrogens is 454 g/mol. The van der Waals surface area contributed by atoms with Crippen LogP contribution in [0.5, 0.6) is 11.5 Å². The van der Waals surface area contributed by atoms with Crippen LogP contribution in [0.25, 0.3) is 0 Å². The van der Waals surface area contributed by atoms with Crippen molar-refractivity contribution in [2.24, 2.45) is 5.10 Å². The first kappa shape index (κ1) is 24.7. The normalized spacial score (nSPS) is 13.9. The highest BCUT2D eigenvalue weighted by atomic mass is 32.1. The van der Waals surface area contributed by atoms with Crippen molar-refractivity contribution in [1.82, 2.24) is 10.7 Å². The van der Waals surface area contributed by atoms with E-state index in [2.05, 4.69) is 40.1 Å². The Hall–Kier alpha value is -3.38. The Labute approximate surface area is 213 Å². The van der Waals surface area contributed by atoms with Crippen LogP contribution in [0.3, 0.4) is 0 Å². The molecule has 182 valence electrons. The predicted molar refractivity (Wildman–Crippen MR) is 146 cm³/mol. The zero-order valence-corrected chi connectivity index (χ0v) is 20.8. The third-order valence-corrected chi connectivity index (χ3v) is 6.35. The molecule has 1 saturated carbocycles. The van der Waals surface area contributed by atoms with E-state index in [0.717, 1.165) is 22.6 Å². The van der Waals surface area contributed by atoms with E-state index in [1.807, 2.05) is 54.6 Å². The molecule has 6 heteroatoms. The second kappa shape index (κ2) is 13.5. The molecule has 0 aromatic heterocycles. The van der Waals surface area contributed by atoms with Gasteiger partial charge in [0.1, 0.15) is 24.7 Å². The molecule has 0 saturated heterocycles. The average Bonchev–Trinajstić information content (AvgIpc) is 2.92. The van der Waals surface area contributed by atoms with E-state index in [0.29, 0.717) is 30.8 Å². The van der Waals surface area contributed by atoms with Crippen molar-refractivity contribution in [3.05, 3.63) is 95.6 Å². The molecule has 2 N–H and O–H groups in total. The molecule has 1 fully saturated rings. The molecule has 1 aliphatic rings. The van der Waals surface area contributed by atoms with Gasteiger partial charge in [0.25, 0.3) is 0 Å². The van der Waals surface area contributed by atoms with E-state index in [4.69, 9.17) is 21.7 Å². The number of nitrogens with one attached hydrogen (secondary N) is 2. The first-order chi connectivity index (χ1) is 17.3. The summed E-state index contributed by atoms with van der Waals surface area (Å²) >= 11 is 5.27. The number of benzene rings is 3. The Bertz CT molecular complexity index is 1080. The Morgan fingerprint density at radius 1 is 0.857 bits per heavy atom. The number of nitrogens with zero attached hydrogens (tertiary/aromatic N) is 1. The van der Waals surface area contributed by atoms with Gasteiger partial charge in [-0.15, -0.1) is 0 Å². The van der Waals surface area contributed by atoms with Gasteiger partial charge in [0.15, 0.2) is 5.11 Å². The summed E-state index contributed by atoms with van der Waals surface area (Å²) in [5.41, 5.74) is 6.36. The third kappa shape index (κ3) is 8.41. The first-order valence-electron chi connectivity index (χ1n) is 12.3. The maximum atomic E-state index is 5.86. The van der Waals surface area contributed by atoms with Crippen LogP contribution in [0.1, 0.15) is 54.7 Å². The highest BCUT2D eigenvalue weighted by Crippen LogP contribution is 2.33. The highest BCUT2D eigenvalue weighted by molar-refractivity contribution is 7.80. The van der Waals surface area contributed by atoms with Crippen LogP contribution in [0.15, 0.2) is 84.0 Å². The molecule has 4 rings (SSSR count). The van der Waals surface area contributed by atoms with E-state index in [9.17, 15) is 0 Å². The molecule has 35 heavy (non-hydrogen) atoms. The summed E-state index contributed by atoms with van der Waals surface area (Å²) in [7, 11) is 0. The fourth-order valence-corrected chi connectivity index (χ4v) is 4.38. The molecule has 3 aromatic carbocycles. The van der Waals surface area contributed by atoms with Crippen molar-refractivity contribution in [3.8, 4) is 11.5 Å². The number of thiocarbonyl (C=S) groups is 1. The minimum absolute atomic E-state index is 0.469. The molecular formula is C29H33N3O2S. The fraction of sp³-hybridized carbons (Fsp3) is 0.310. The summed E-state index contributed by atoms with van der Waals surface area (Å²) in [5.74, 6) is 2.38. The van der Waals surface area contributed by atoms with E-state index in [1.165, 1.54) is 37.7 Å². The summed E-state index contributed by atoms with van der Waals surface area (Å²) in [4.78, 5) is 0. The van der Waals surface area contributed by atoms with Gasteiger partial charge >= 0.3 is 0 Å². The lowest BCUT2D eigenvalue weighted by Crippen LogP contribution is -2.31. The van der Waals surface area contributed by atoms with E-state index in [1.54, 1.807) is 6.21 Å². The van der Waals surface area contributed by atoms with Crippen molar-refractivity contribution in [3.63, 3.8) is 0 Å². The second-order valence-electron chi connectivity index (χ2n) is 8.71. The van der Waals surface area contributed by atoms with Crippen LogP contribution in [-0.2, 0) is 6.54 Å². The maximum absolute atomic E-state index is 5.86. The number of hydrogen-bond donors (Lipinski definition) is 2. The Kier molecular flexibility index (Phi) is 9.54. The summed E-state index contributed by atoms with van der Waals surface area (Å²) in [6, 6.07) is 26.4. The number of ether oxygens (including phenoxy) is 2. The molecule has 0 spiro atoms. The highest BCUT2D eigenvalue weighted by Gasteiger charge is 2.15. The van der Waals surface area contributed by atoms with Crippen LogP contribution in [0.2, 0.25) is 0 Å². The van der Waals surface area contributed by atoms with E-state index < -0.39 is 0 Å². The molecule has 1 aliphatic carbocycles. The number of hydrogen-bond acceptors (Lipinski definition) is 4. The quantitative estimate of drug-likeness (QED) is 0.155. The second-order valence-corrected chi connectivity index (χ2v) is 9.12. The van der Waals surface area contributed by atoms with Gasteiger partial charge < -0.3 is 14.8 Å². The lowest BCUT2D eigenvalue weighted by Gasteiger charge is -2.22. The maximum Gasteiger partial charge on any atom is 0.187 e. The molecule has 3 aromatic rings. The number of hydrazone groups is 1. The van der Waals surface area contributed by atoms with Gasteiger partial charge in [-0.2, -0.15) is 5.10 Å². The van der Waals surface area contributed by atoms with Gasteiger partial charge in [-0.1, -0.05) is 73.9 Å². The van der Waals surface area contributed by atoms with Crippen LogP contribution in [0.4, 0.5) is 0 Å². The Balaban J connectivity index is 1.15. The standard InChI is InChI=1S/C29H33N3O2S/c35-29(30-21-23-8-3-1-4-9-23)32-31-22-24-10-7-13-28(20-24)34-19-18-33-27-16-14-26(15-17-27)25-11-5-2-6-12-25/h1,3-4,7-10,13-17,20,22,25H,2,5-6,11-12,18-19,21H2,(H2,30,32,35). The van der Waals surface area contributed by atoms with Crippen molar-refractivity contribution in [1.29, 1.82) is 0 Å². The lowest BCUT2D eigenvalue weighted by atomic mass is 9.84. The lowest BCUT2D eigenvalue weighted by molar-refractivity contribution is 0.217. The van der Waals surface area contributed by atoms with Gasteiger partial charge in [0, 0.05) is 6.54 Å². The topological polar surface area (TPSA) is 54.9 Å². The van der Waals surface area contributed by atoms with Crippen LogP contribution in [0, 0.1) is 0 Å². The van der Waals surface area contributed by atoms with Crippen LogP contribution >= 0.6 is 12.2 Å². The summed E-state index contributed by atoms with van der Waals surface area (Å²) in [5, 5.41) is 7.82. The smallest absolute Gasteiger partial charge is 0.187 e. The summed E-state index contributed by atoms with van der Waals surface area (Å²) < 4.78 is 11.7. The first-order valence-corrected chi connectivity index (χ1v) is 12.7. The summed E-state index contributed by atoms with van der Waals surface area (Å²) in [6.07, 6.45) is 8.42. The minimum Gasteiger partial charge on any atom is -0.490 e. The summed E-state index contributed by atoms with van der Waals surface area (Å²) in [6.45, 7) is 1.61. The van der Waals surface area contributed by atoms with Gasteiger partial charge in [-0.05, 0) is 71.9 Å². The molecule has 0 bridgehead atoms. The van der Waals surface area contributed by atoms with Crippen LogP contribution in [-0.4, -0.2) is 24.5 Å². The van der Waals surface area contributed by atoms with E-state index in [-0.39, 0.29) is 0 Å². The zero-order valence-electron chi connectivity index (χ0n) is 20.0. The third-order valence-electron chi connectivity index (χ3n) is 6.11. The molecule has 0 atom stereocenters. The molecule has 0 amide bonds. The van der Waals surface area contributed by atoms with Crippen molar-refractivity contribution in [2.45, 2.75) is 44.6 Å².